The fourth-order valence-electron chi connectivity index (χ4n) is 3.75. The molecule has 6 nitrogen and oxygen atoms in total. The first-order chi connectivity index (χ1) is 14.0. The van der Waals surface area contributed by atoms with Crippen LogP contribution >= 0.6 is 0 Å². The molecule has 1 fully saturated rings. The molecule has 0 unspecified atom stereocenters. The predicted octanol–water partition coefficient (Wildman–Crippen LogP) is 2.94. The highest BCUT2D eigenvalue weighted by Crippen LogP contribution is 2.32. The van der Waals surface area contributed by atoms with E-state index in [4.69, 9.17) is 9.47 Å². The van der Waals surface area contributed by atoms with Crippen molar-refractivity contribution in [3.63, 3.8) is 0 Å². The van der Waals surface area contributed by atoms with Gasteiger partial charge in [0.15, 0.2) is 11.5 Å². The van der Waals surface area contributed by atoms with E-state index >= 15 is 0 Å². The van der Waals surface area contributed by atoms with Gasteiger partial charge >= 0.3 is 0 Å². The highest BCUT2D eigenvalue weighted by molar-refractivity contribution is 5.94. The Bertz CT molecular complexity index is 868. The zero-order chi connectivity index (χ0) is 20.9. The highest BCUT2D eigenvalue weighted by atomic mass is 16.5. The van der Waals surface area contributed by atoms with E-state index in [9.17, 15) is 9.59 Å². The summed E-state index contributed by atoms with van der Waals surface area (Å²) in [5, 5.41) is 2.99. The Kier molecular flexibility index (Phi) is 6.42. The number of benzene rings is 2. The van der Waals surface area contributed by atoms with Crippen LogP contribution in [0.15, 0.2) is 48.5 Å². The Hall–Kier alpha value is -3.02. The van der Waals surface area contributed by atoms with Crippen molar-refractivity contribution in [1.29, 1.82) is 0 Å². The van der Waals surface area contributed by atoms with E-state index in [0.29, 0.717) is 43.9 Å². The van der Waals surface area contributed by atoms with Crippen LogP contribution < -0.4 is 14.8 Å². The maximum absolute atomic E-state index is 13.0. The van der Waals surface area contributed by atoms with E-state index in [2.05, 4.69) is 5.32 Å². The first-order valence-corrected chi connectivity index (χ1v) is 9.81. The number of amides is 2. The first kappa shape index (κ1) is 20.7. The van der Waals surface area contributed by atoms with Crippen LogP contribution in [-0.4, -0.2) is 43.0 Å². The van der Waals surface area contributed by atoms with Gasteiger partial charge in [-0.2, -0.15) is 0 Å². The summed E-state index contributed by atoms with van der Waals surface area (Å²) in [5.74, 6) is 1.22. The topological polar surface area (TPSA) is 67.9 Å². The number of rotatable bonds is 8. The van der Waals surface area contributed by atoms with Crippen LogP contribution in [0.3, 0.4) is 0 Å². The molecule has 1 aliphatic rings. The Morgan fingerprint density at radius 3 is 2.48 bits per heavy atom. The van der Waals surface area contributed by atoms with Gasteiger partial charge in [0.2, 0.25) is 11.8 Å². The quantitative estimate of drug-likeness (QED) is 0.745. The summed E-state index contributed by atoms with van der Waals surface area (Å²) in [6, 6.07) is 15.5. The number of hydrogen-bond donors (Lipinski definition) is 1. The molecule has 0 aliphatic carbocycles. The first-order valence-electron chi connectivity index (χ1n) is 9.81. The Balaban J connectivity index is 1.67. The van der Waals surface area contributed by atoms with Crippen LogP contribution in [0, 0.1) is 0 Å². The van der Waals surface area contributed by atoms with E-state index in [1.165, 1.54) is 0 Å². The Morgan fingerprint density at radius 1 is 1.07 bits per heavy atom. The standard InChI is InChI=1S/C23H28N2O4/c1-23(22(27)24-16-18-7-5-4-6-8-18)13-11-21(26)25(23)14-12-17-9-10-19(28-2)20(15-17)29-3/h4-10,15H,11-14,16H2,1-3H3,(H,24,27)/t23-/m1/s1. The summed E-state index contributed by atoms with van der Waals surface area (Å²) >= 11 is 0. The van der Waals surface area contributed by atoms with Crippen LogP contribution in [0.1, 0.15) is 30.9 Å². The van der Waals surface area contributed by atoms with Crippen LogP contribution in [0.2, 0.25) is 0 Å². The summed E-state index contributed by atoms with van der Waals surface area (Å²) in [4.78, 5) is 27.2. The molecule has 2 aromatic carbocycles. The lowest BCUT2D eigenvalue weighted by Gasteiger charge is -2.34. The van der Waals surface area contributed by atoms with E-state index in [-0.39, 0.29) is 11.8 Å². The molecule has 6 heteroatoms. The molecule has 0 saturated carbocycles. The predicted molar refractivity (Wildman–Crippen MR) is 111 cm³/mol. The molecule has 1 N–H and O–H groups in total. The average molecular weight is 396 g/mol. The smallest absolute Gasteiger partial charge is 0.245 e. The summed E-state index contributed by atoms with van der Waals surface area (Å²) < 4.78 is 10.6. The lowest BCUT2D eigenvalue weighted by Crippen LogP contribution is -2.54. The maximum atomic E-state index is 13.0. The molecule has 3 rings (SSSR count). The van der Waals surface area contributed by atoms with Crippen molar-refractivity contribution in [3.05, 3.63) is 59.7 Å². The van der Waals surface area contributed by atoms with E-state index < -0.39 is 5.54 Å². The van der Waals surface area contributed by atoms with Crippen molar-refractivity contribution < 1.29 is 19.1 Å². The van der Waals surface area contributed by atoms with Crippen molar-refractivity contribution in [3.8, 4) is 11.5 Å². The third-order valence-corrected chi connectivity index (χ3v) is 5.58. The zero-order valence-corrected chi connectivity index (χ0v) is 17.2. The number of likely N-dealkylation sites (tertiary alicyclic amines) is 1. The van der Waals surface area contributed by atoms with Crippen molar-refractivity contribution in [2.24, 2.45) is 0 Å². The lowest BCUT2D eigenvalue weighted by molar-refractivity contribution is -0.140. The second-order valence-electron chi connectivity index (χ2n) is 7.43. The largest absolute Gasteiger partial charge is 0.493 e. The number of carbonyl (C=O) groups excluding carboxylic acids is 2. The molecule has 154 valence electrons. The minimum atomic E-state index is -0.831. The maximum Gasteiger partial charge on any atom is 0.245 e. The fourth-order valence-corrected chi connectivity index (χ4v) is 3.75. The Morgan fingerprint density at radius 2 is 1.79 bits per heavy atom. The van der Waals surface area contributed by atoms with Crippen LogP contribution in [-0.2, 0) is 22.6 Å². The van der Waals surface area contributed by atoms with Gasteiger partial charge in [0.25, 0.3) is 0 Å². The highest BCUT2D eigenvalue weighted by Gasteiger charge is 2.46. The second-order valence-corrected chi connectivity index (χ2v) is 7.43. The number of nitrogens with zero attached hydrogens (tertiary/aromatic N) is 1. The zero-order valence-electron chi connectivity index (χ0n) is 17.2. The van der Waals surface area contributed by atoms with Crippen LogP contribution in [0.5, 0.6) is 11.5 Å². The van der Waals surface area contributed by atoms with Gasteiger partial charge in [0, 0.05) is 19.5 Å². The van der Waals surface area contributed by atoms with Gasteiger partial charge < -0.3 is 19.7 Å². The van der Waals surface area contributed by atoms with E-state index in [1.807, 2.05) is 55.5 Å². The number of hydrogen-bond acceptors (Lipinski definition) is 4. The molecule has 0 aromatic heterocycles. The van der Waals surface area contributed by atoms with Crippen molar-refractivity contribution in [1.82, 2.24) is 10.2 Å². The van der Waals surface area contributed by atoms with Gasteiger partial charge in [0.1, 0.15) is 5.54 Å². The average Bonchev–Trinajstić information content (AvgIpc) is 3.05. The fraction of sp³-hybridized carbons (Fsp3) is 0.391. The number of nitrogens with one attached hydrogen (secondary N) is 1. The molecular weight excluding hydrogens is 368 g/mol. The second kappa shape index (κ2) is 8.99. The van der Waals surface area contributed by atoms with Gasteiger partial charge in [-0.15, -0.1) is 0 Å². The third kappa shape index (κ3) is 4.53. The molecule has 2 amide bonds. The number of methoxy groups -OCH3 is 2. The molecule has 1 heterocycles. The summed E-state index contributed by atoms with van der Waals surface area (Å²) in [5.41, 5.74) is 1.22. The normalized spacial score (nSPS) is 18.6. The summed E-state index contributed by atoms with van der Waals surface area (Å²) in [6.07, 6.45) is 1.55. The SMILES string of the molecule is COc1ccc(CCN2C(=O)CC[C@]2(C)C(=O)NCc2ccccc2)cc1OC. The number of ether oxygens (including phenoxy) is 2. The van der Waals surface area contributed by atoms with Crippen molar-refractivity contribution in [2.75, 3.05) is 20.8 Å². The van der Waals surface area contributed by atoms with Gasteiger partial charge in [-0.25, -0.2) is 0 Å². The molecule has 1 aliphatic heterocycles. The van der Waals surface area contributed by atoms with Gasteiger partial charge in [0.05, 0.1) is 14.2 Å². The molecule has 0 spiro atoms. The van der Waals surface area contributed by atoms with Crippen molar-refractivity contribution in [2.45, 2.75) is 38.3 Å². The van der Waals surface area contributed by atoms with E-state index in [1.54, 1.807) is 19.1 Å². The lowest BCUT2D eigenvalue weighted by atomic mass is 9.97. The van der Waals surface area contributed by atoms with E-state index in [0.717, 1.165) is 11.1 Å². The molecule has 29 heavy (non-hydrogen) atoms. The van der Waals surface area contributed by atoms with Gasteiger partial charge in [-0.3, -0.25) is 9.59 Å². The summed E-state index contributed by atoms with van der Waals surface area (Å²) in [6.45, 7) is 2.78. The van der Waals surface area contributed by atoms with Gasteiger partial charge in [-0.05, 0) is 43.0 Å². The minimum absolute atomic E-state index is 0.0165. The number of carbonyl (C=O) groups is 2. The molecule has 0 bridgehead atoms. The van der Waals surface area contributed by atoms with Crippen LogP contribution in [0.25, 0.3) is 0 Å². The third-order valence-electron chi connectivity index (χ3n) is 5.58. The molecular formula is C23H28N2O4. The molecule has 2 aromatic rings. The molecule has 1 atom stereocenters. The molecule has 1 saturated heterocycles. The van der Waals surface area contributed by atoms with Gasteiger partial charge in [-0.1, -0.05) is 36.4 Å². The van der Waals surface area contributed by atoms with Crippen molar-refractivity contribution >= 4 is 11.8 Å². The van der Waals surface area contributed by atoms with Crippen LogP contribution in [0.4, 0.5) is 0 Å². The summed E-state index contributed by atoms with van der Waals surface area (Å²) in [7, 11) is 3.19. The minimum Gasteiger partial charge on any atom is -0.493 e. The Labute approximate surface area is 171 Å². The molecule has 0 radical (unpaired) electrons. The monoisotopic (exact) mass is 396 g/mol.